The van der Waals surface area contributed by atoms with Crippen molar-refractivity contribution in [1.29, 1.82) is 0 Å². The Labute approximate surface area is 216 Å². The number of nitrogens with zero attached hydrogens (tertiary/aromatic N) is 6. The Kier molecular flexibility index (Phi) is 9.56. The molecule has 4 heterocycles. The van der Waals surface area contributed by atoms with E-state index in [4.69, 9.17) is 15.6 Å². The van der Waals surface area contributed by atoms with Crippen molar-refractivity contribution in [2.45, 2.75) is 79.1 Å². The minimum absolute atomic E-state index is 0.0300. The SMILES string of the molecule is CC(=O)NCCc1nnc2cc(C(C)(C)C)[nH]n12.CC(=O)O.CC(C)(C)c1cc2nnc(CCN)n2[nH]1. The fraction of sp³-hybridized carbons (Fsp3) is 0.583. The maximum absolute atomic E-state index is 10.8. The molecule has 0 atom stereocenters. The second-order valence-electron chi connectivity index (χ2n) is 10.7. The first kappa shape index (κ1) is 29.5. The maximum atomic E-state index is 10.8. The van der Waals surface area contributed by atoms with E-state index in [0.717, 1.165) is 47.7 Å². The predicted molar refractivity (Wildman–Crippen MR) is 141 cm³/mol. The van der Waals surface area contributed by atoms with Gasteiger partial charge in [-0.25, -0.2) is 9.03 Å². The molecule has 1 amide bonds. The first-order chi connectivity index (χ1) is 17.1. The van der Waals surface area contributed by atoms with E-state index >= 15 is 0 Å². The number of fused-ring (bicyclic) bond motifs is 2. The molecule has 0 fully saturated rings. The van der Waals surface area contributed by atoms with Crippen LogP contribution in [0.3, 0.4) is 0 Å². The molecule has 0 bridgehead atoms. The molecule has 0 aliphatic heterocycles. The topological polar surface area (TPSA) is 184 Å². The van der Waals surface area contributed by atoms with E-state index in [1.807, 2.05) is 21.2 Å². The first-order valence-corrected chi connectivity index (χ1v) is 12.1. The van der Waals surface area contributed by atoms with Gasteiger partial charge in [0, 0.05) is 67.6 Å². The summed E-state index contributed by atoms with van der Waals surface area (Å²) < 4.78 is 3.79. The molecule has 0 saturated carbocycles. The second kappa shape index (κ2) is 12.0. The van der Waals surface area contributed by atoms with Gasteiger partial charge in [-0.15, -0.1) is 20.4 Å². The van der Waals surface area contributed by atoms with Crippen molar-refractivity contribution in [3.05, 3.63) is 35.2 Å². The van der Waals surface area contributed by atoms with Crippen molar-refractivity contribution in [2.75, 3.05) is 13.1 Å². The van der Waals surface area contributed by atoms with Crippen molar-refractivity contribution in [2.24, 2.45) is 5.73 Å². The Morgan fingerprint density at radius 3 is 1.62 bits per heavy atom. The minimum atomic E-state index is -0.833. The van der Waals surface area contributed by atoms with Gasteiger partial charge in [-0.2, -0.15) is 0 Å². The summed E-state index contributed by atoms with van der Waals surface area (Å²) in [7, 11) is 0. The van der Waals surface area contributed by atoms with Crippen LogP contribution in [0, 0.1) is 0 Å². The summed E-state index contributed by atoms with van der Waals surface area (Å²) in [5, 5.41) is 33.2. The lowest BCUT2D eigenvalue weighted by molar-refractivity contribution is -0.134. The smallest absolute Gasteiger partial charge is 0.300 e. The zero-order chi connectivity index (χ0) is 28.0. The van der Waals surface area contributed by atoms with E-state index in [9.17, 15) is 4.79 Å². The number of carboxylic acid groups (broad SMARTS) is 1. The number of carboxylic acids is 1. The van der Waals surface area contributed by atoms with Crippen LogP contribution in [0.1, 0.15) is 78.4 Å². The number of aliphatic carboxylic acids is 1. The van der Waals surface area contributed by atoms with E-state index in [0.29, 0.717) is 19.5 Å². The Morgan fingerprint density at radius 1 is 0.865 bits per heavy atom. The van der Waals surface area contributed by atoms with Gasteiger partial charge in [0.2, 0.25) is 5.91 Å². The van der Waals surface area contributed by atoms with E-state index in [-0.39, 0.29) is 16.7 Å². The largest absolute Gasteiger partial charge is 0.481 e. The van der Waals surface area contributed by atoms with Crippen LogP contribution in [0.2, 0.25) is 0 Å². The van der Waals surface area contributed by atoms with Crippen LogP contribution in [0.25, 0.3) is 11.3 Å². The monoisotopic (exact) mass is 516 g/mol. The van der Waals surface area contributed by atoms with Crippen LogP contribution in [0.15, 0.2) is 12.1 Å². The van der Waals surface area contributed by atoms with Gasteiger partial charge >= 0.3 is 0 Å². The summed E-state index contributed by atoms with van der Waals surface area (Å²) in [6.07, 6.45) is 1.40. The number of nitrogens with two attached hydrogens (primary N) is 1. The molecule has 13 heteroatoms. The van der Waals surface area contributed by atoms with Crippen molar-refractivity contribution in [3.63, 3.8) is 0 Å². The Bertz CT molecular complexity index is 1310. The van der Waals surface area contributed by atoms with Gasteiger partial charge in [0.25, 0.3) is 5.97 Å². The molecule has 0 aliphatic carbocycles. The molecule has 0 aromatic carbocycles. The van der Waals surface area contributed by atoms with Crippen LogP contribution >= 0.6 is 0 Å². The van der Waals surface area contributed by atoms with Gasteiger partial charge in [-0.1, -0.05) is 41.5 Å². The zero-order valence-electron chi connectivity index (χ0n) is 23.0. The molecular formula is C24H40N10O3. The number of carbonyl (C=O) groups excluding carboxylic acids is 1. The lowest BCUT2D eigenvalue weighted by Gasteiger charge is -2.15. The van der Waals surface area contributed by atoms with Crippen LogP contribution in [0.5, 0.6) is 0 Å². The Hall–Kier alpha value is -3.74. The highest BCUT2D eigenvalue weighted by molar-refractivity contribution is 5.72. The fourth-order valence-corrected chi connectivity index (χ4v) is 3.23. The highest BCUT2D eigenvalue weighted by Gasteiger charge is 2.19. The molecule has 4 aromatic heterocycles. The average Bonchev–Trinajstić information content (AvgIpc) is 3.49. The summed E-state index contributed by atoms with van der Waals surface area (Å²) in [6.45, 7) is 16.7. The maximum Gasteiger partial charge on any atom is 0.300 e. The molecule has 0 unspecified atom stereocenters. The standard InChI is InChI=1S/C12H19N5O.C10H17N5.C2H4O2/c1-8(18)13-6-5-10-14-15-11-7-9(12(2,3)4)16-17(10)11;1-10(2,3)7-6-9-13-12-8(4-5-11)15(9)14-7;1-2(3)4/h7,16H,5-6H2,1-4H3,(H,13,18);6,14H,4-5,11H2,1-3H3;1H3,(H,3,4). The molecule has 4 aromatic rings. The number of hydrogen-bond donors (Lipinski definition) is 5. The van der Waals surface area contributed by atoms with E-state index in [1.165, 1.54) is 6.92 Å². The molecule has 13 nitrogen and oxygen atoms in total. The van der Waals surface area contributed by atoms with Gasteiger partial charge in [0.15, 0.2) is 22.9 Å². The van der Waals surface area contributed by atoms with E-state index < -0.39 is 5.97 Å². The van der Waals surface area contributed by atoms with Gasteiger partial charge in [0.05, 0.1) is 0 Å². The number of hydrogen-bond acceptors (Lipinski definition) is 7. The molecule has 0 spiro atoms. The molecule has 4 rings (SSSR count). The van der Waals surface area contributed by atoms with Crippen molar-refractivity contribution in [3.8, 4) is 0 Å². The number of rotatable bonds is 5. The third-order valence-electron chi connectivity index (χ3n) is 5.23. The second-order valence-corrected chi connectivity index (χ2v) is 10.7. The summed E-state index contributed by atoms with van der Waals surface area (Å²) >= 11 is 0. The van der Waals surface area contributed by atoms with Crippen LogP contribution in [-0.4, -0.2) is 69.7 Å². The summed E-state index contributed by atoms with van der Waals surface area (Å²) in [5.41, 5.74) is 9.62. The Morgan fingerprint density at radius 2 is 1.27 bits per heavy atom. The molecule has 0 radical (unpaired) electrons. The van der Waals surface area contributed by atoms with Gasteiger partial charge < -0.3 is 16.2 Å². The van der Waals surface area contributed by atoms with Gasteiger partial charge in [-0.05, 0) is 6.54 Å². The zero-order valence-corrected chi connectivity index (χ0v) is 23.0. The first-order valence-electron chi connectivity index (χ1n) is 12.1. The molecule has 6 N–H and O–H groups in total. The lowest BCUT2D eigenvalue weighted by Crippen LogP contribution is -2.23. The van der Waals surface area contributed by atoms with Crippen LogP contribution in [0.4, 0.5) is 0 Å². The predicted octanol–water partition coefficient (Wildman–Crippen LogP) is 1.98. The average molecular weight is 517 g/mol. The summed E-state index contributed by atoms with van der Waals surface area (Å²) in [6, 6.07) is 4.04. The minimum Gasteiger partial charge on any atom is -0.481 e. The number of carbonyl (C=O) groups is 2. The lowest BCUT2D eigenvalue weighted by atomic mass is 9.93. The quantitative estimate of drug-likeness (QED) is 0.266. The van der Waals surface area contributed by atoms with E-state index in [2.05, 4.69) is 77.5 Å². The molecule has 0 aliphatic rings. The number of aromatic nitrogens is 8. The molecule has 37 heavy (non-hydrogen) atoms. The number of H-pyrrole nitrogens is 2. The fourth-order valence-electron chi connectivity index (χ4n) is 3.23. The number of nitrogens with one attached hydrogen (secondary N) is 3. The molecular weight excluding hydrogens is 476 g/mol. The highest BCUT2D eigenvalue weighted by atomic mass is 16.4. The molecule has 204 valence electrons. The van der Waals surface area contributed by atoms with Gasteiger partial charge in [-0.3, -0.25) is 19.8 Å². The third-order valence-corrected chi connectivity index (χ3v) is 5.23. The van der Waals surface area contributed by atoms with Crippen molar-refractivity contribution in [1.82, 2.24) is 44.9 Å². The van der Waals surface area contributed by atoms with E-state index in [1.54, 1.807) is 0 Å². The summed E-state index contributed by atoms with van der Waals surface area (Å²) in [4.78, 5) is 19.8. The van der Waals surface area contributed by atoms with Crippen LogP contribution in [-0.2, 0) is 33.3 Å². The van der Waals surface area contributed by atoms with Gasteiger partial charge in [0.1, 0.15) is 0 Å². The number of aromatic amines is 2. The number of amides is 1. The normalized spacial score (nSPS) is 11.6. The highest BCUT2D eigenvalue weighted by Crippen LogP contribution is 2.22. The molecule has 0 saturated heterocycles. The van der Waals surface area contributed by atoms with Crippen molar-refractivity contribution >= 4 is 23.2 Å². The van der Waals surface area contributed by atoms with Crippen molar-refractivity contribution < 1.29 is 14.7 Å². The summed E-state index contributed by atoms with van der Waals surface area (Å²) in [5.74, 6) is 0.856. The van der Waals surface area contributed by atoms with Crippen LogP contribution < -0.4 is 11.1 Å². The third kappa shape index (κ3) is 8.41. The Balaban J connectivity index is 0.000000230.